The van der Waals surface area contributed by atoms with Crippen LogP contribution < -0.4 is 4.90 Å². The lowest BCUT2D eigenvalue weighted by atomic mass is 9.97. The third-order valence-corrected chi connectivity index (χ3v) is 5.54. The van der Waals surface area contributed by atoms with Gasteiger partial charge in [0.1, 0.15) is 5.60 Å². The van der Waals surface area contributed by atoms with Crippen molar-refractivity contribution < 1.29 is 14.3 Å². The molecule has 1 aromatic carbocycles. The summed E-state index contributed by atoms with van der Waals surface area (Å²) in [6.07, 6.45) is 0.307. The number of aryl methyl sites for hydroxylation is 1. The predicted octanol–water partition coefficient (Wildman–Crippen LogP) is 4.13. The number of anilines is 1. The highest BCUT2D eigenvalue weighted by atomic mass is 127. The first-order valence-electron chi connectivity index (χ1n) is 7.17. The van der Waals surface area contributed by atoms with Gasteiger partial charge in [-0.2, -0.15) is 0 Å². The van der Waals surface area contributed by atoms with Crippen molar-refractivity contribution >= 4 is 34.4 Å². The molecule has 1 fully saturated rings. The number of carbonyl (C=O) groups is 1. The molecular weight excluding hydrogens is 381 g/mol. The predicted molar refractivity (Wildman–Crippen MR) is 89.9 cm³/mol. The Bertz CT molecular complexity index is 596. The SMILES string of the molecule is Cc1cccc2c1N(C(=O)OC(C)(C)C)[C@H]1OCC[C@@]21I. The molecule has 0 unspecified atom stereocenters. The standard InChI is InChI=1S/C16H20INO3/c1-10-6-5-7-11-12(10)18(14(19)21-15(2,3)4)13-16(11,17)8-9-20-13/h5-7,13H,8-9H2,1-4H3/t13-,16+/m0/s1. The average molecular weight is 401 g/mol. The van der Waals surface area contributed by atoms with E-state index in [-0.39, 0.29) is 15.7 Å². The summed E-state index contributed by atoms with van der Waals surface area (Å²) in [5.41, 5.74) is 2.68. The lowest BCUT2D eigenvalue weighted by Gasteiger charge is -2.30. The van der Waals surface area contributed by atoms with Gasteiger partial charge in [0.05, 0.1) is 15.7 Å². The molecule has 0 N–H and O–H groups in total. The molecule has 4 nitrogen and oxygen atoms in total. The maximum atomic E-state index is 12.7. The number of benzene rings is 1. The fraction of sp³-hybridized carbons (Fsp3) is 0.562. The van der Waals surface area contributed by atoms with E-state index in [1.165, 1.54) is 5.56 Å². The Morgan fingerprint density at radius 3 is 2.86 bits per heavy atom. The first-order chi connectivity index (χ1) is 9.74. The summed E-state index contributed by atoms with van der Waals surface area (Å²) in [5, 5.41) is 0. The Kier molecular flexibility index (Phi) is 3.48. The number of nitrogens with zero attached hydrogens (tertiary/aromatic N) is 1. The van der Waals surface area contributed by atoms with E-state index < -0.39 is 5.60 Å². The second-order valence-electron chi connectivity index (χ2n) is 6.66. The zero-order chi connectivity index (χ0) is 15.4. The molecule has 0 radical (unpaired) electrons. The third kappa shape index (κ3) is 2.34. The summed E-state index contributed by atoms with van der Waals surface area (Å²) in [7, 11) is 0. The number of alkyl halides is 1. The van der Waals surface area contributed by atoms with Crippen LogP contribution in [0.3, 0.4) is 0 Å². The van der Waals surface area contributed by atoms with Gasteiger partial charge in [-0.25, -0.2) is 9.69 Å². The van der Waals surface area contributed by atoms with Crippen molar-refractivity contribution in [2.75, 3.05) is 11.5 Å². The molecule has 1 amide bonds. The minimum absolute atomic E-state index is 0.171. The van der Waals surface area contributed by atoms with Crippen LogP contribution in [0.15, 0.2) is 18.2 Å². The van der Waals surface area contributed by atoms with Crippen molar-refractivity contribution in [3.63, 3.8) is 0 Å². The van der Waals surface area contributed by atoms with Crippen molar-refractivity contribution in [1.82, 2.24) is 0 Å². The molecule has 0 saturated carbocycles. The molecule has 5 heteroatoms. The minimum atomic E-state index is -0.519. The maximum Gasteiger partial charge on any atom is 0.417 e. The molecule has 0 aromatic heterocycles. The molecule has 2 atom stereocenters. The van der Waals surface area contributed by atoms with Crippen LogP contribution in [-0.2, 0) is 12.9 Å². The smallest absolute Gasteiger partial charge is 0.417 e. The van der Waals surface area contributed by atoms with E-state index in [1.54, 1.807) is 4.90 Å². The summed E-state index contributed by atoms with van der Waals surface area (Å²) >= 11 is 2.44. The number of halogens is 1. The highest BCUT2D eigenvalue weighted by Crippen LogP contribution is 2.56. The zero-order valence-electron chi connectivity index (χ0n) is 12.8. The fourth-order valence-corrected chi connectivity index (χ4v) is 4.16. The number of fused-ring (bicyclic) bond motifs is 3. The van der Waals surface area contributed by atoms with Crippen LogP contribution in [-0.4, -0.2) is 24.5 Å². The lowest BCUT2D eigenvalue weighted by molar-refractivity contribution is 0.0414. The number of ether oxygens (including phenoxy) is 2. The molecule has 2 aliphatic rings. The van der Waals surface area contributed by atoms with E-state index in [0.29, 0.717) is 6.61 Å². The largest absolute Gasteiger partial charge is 0.443 e. The van der Waals surface area contributed by atoms with E-state index in [2.05, 4.69) is 28.7 Å². The number of carbonyl (C=O) groups excluding carboxylic acids is 1. The molecule has 3 rings (SSSR count). The van der Waals surface area contributed by atoms with Gasteiger partial charge in [0, 0.05) is 0 Å². The van der Waals surface area contributed by atoms with Gasteiger partial charge >= 0.3 is 6.09 Å². The normalized spacial score (nSPS) is 27.5. The quantitative estimate of drug-likeness (QED) is 0.485. The molecule has 21 heavy (non-hydrogen) atoms. The Balaban J connectivity index is 2.08. The Morgan fingerprint density at radius 2 is 2.19 bits per heavy atom. The highest BCUT2D eigenvalue weighted by molar-refractivity contribution is 14.1. The van der Waals surface area contributed by atoms with Crippen molar-refractivity contribution in [3.8, 4) is 0 Å². The van der Waals surface area contributed by atoms with Crippen LogP contribution >= 0.6 is 22.6 Å². The summed E-state index contributed by atoms with van der Waals surface area (Å²) in [4.78, 5) is 14.4. The van der Waals surface area contributed by atoms with Crippen LogP contribution in [0, 0.1) is 6.92 Å². The fourth-order valence-electron chi connectivity index (χ4n) is 3.05. The Labute approximate surface area is 138 Å². The van der Waals surface area contributed by atoms with Gasteiger partial charge in [-0.15, -0.1) is 0 Å². The summed E-state index contributed by atoms with van der Waals surface area (Å²) < 4.78 is 11.3. The zero-order valence-corrected chi connectivity index (χ0v) is 14.9. The van der Waals surface area contributed by atoms with Gasteiger partial charge in [-0.1, -0.05) is 40.8 Å². The van der Waals surface area contributed by atoms with Crippen LogP contribution in [0.1, 0.15) is 38.3 Å². The molecule has 1 saturated heterocycles. The summed E-state index contributed by atoms with van der Waals surface area (Å²) in [5.74, 6) is 0. The molecular formula is C16H20INO3. The van der Waals surface area contributed by atoms with Gasteiger partial charge in [0.2, 0.25) is 0 Å². The van der Waals surface area contributed by atoms with Crippen LogP contribution in [0.25, 0.3) is 0 Å². The van der Waals surface area contributed by atoms with E-state index >= 15 is 0 Å². The molecule has 0 spiro atoms. The minimum Gasteiger partial charge on any atom is -0.443 e. The number of rotatable bonds is 0. The van der Waals surface area contributed by atoms with Gasteiger partial charge in [0.15, 0.2) is 6.23 Å². The van der Waals surface area contributed by atoms with Gasteiger partial charge in [-0.05, 0) is 45.2 Å². The molecule has 2 heterocycles. The average Bonchev–Trinajstić information content (AvgIpc) is 2.82. The lowest BCUT2D eigenvalue weighted by Crippen LogP contribution is -2.45. The van der Waals surface area contributed by atoms with Crippen LogP contribution in [0.2, 0.25) is 0 Å². The first kappa shape index (κ1) is 15.1. The molecule has 114 valence electrons. The Hall–Kier alpha value is -0.820. The van der Waals surface area contributed by atoms with Crippen molar-refractivity contribution in [2.45, 2.75) is 49.4 Å². The van der Waals surface area contributed by atoms with Crippen molar-refractivity contribution in [2.24, 2.45) is 0 Å². The van der Waals surface area contributed by atoms with Crippen LogP contribution in [0.4, 0.5) is 10.5 Å². The van der Waals surface area contributed by atoms with Crippen LogP contribution in [0.5, 0.6) is 0 Å². The van der Waals surface area contributed by atoms with E-state index in [0.717, 1.165) is 17.7 Å². The molecule has 0 bridgehead atoms. The maximum absolute atomic E-state index is 12.7. The molecule has 0 aliphatic carbocycles. The number of hydrogen-bond acceptors (Lipinski definition) is 3. The van der Waals surface area contributed by atoms with E-state index in [1.807, 2.05) is 39.8 Å². The monoisotopic (exact) mass is 401 g/mol. The number of para-hydroxylation sites is 1. The van der Waals surface area contributed by atoms with E-state index in [4.69, 9.17) is 9.47 Å². The first-order valence-corrected chi connectivity index (χ1v) is 8.25. The Morgan fingerprint density at radius 1 is 1.48 bits per heavy atom. The van der Waals surface area contributed by atoms with Gasteiger partial charge in [-0.3, -0.25) is 0 Å². The van der Waals surface area contributed by atoms with E-state index in [9.17, 15) is 4.79 Å². The summed E-state index contributed by atoms with van der Waals surface area (Å²) in [6, 6.07) is 6.17. The second-order valence-corrected chi connectivity index (χ2v) is 8.58. The van der Waals surface area contributed by atoms with Gasteiger partial charge < -0.3 is 9.47 Å². The number of hydrogen-bond donors (Lipinski definition) is 0. The molecule has 1 aromatic rings. The highest BCUT2D eigenvalue weighted by Gasteiger charge is 2.56. The second kappa shape index (κ2) is 4.84. The van der Waals surface area contributed by atoms with Gasteiger partial charge in [0.25, 0.3) is 0 Å². The van der Waals surface area contributed by atoms with Crippen molar-refractivity contribution in [3.05, 3.63) is 29.3 Å². The summed E-state index contributed by atoms with van der Waals surface area (Å²) in [6.45, 7) is 8.34. The topological polar surface area (TPSA) is 38.8 Å². The third-order valence-electron chi connectivity index (χ3n) is 3.88. The number of amides is 1. The molecule has 2 aliphatic heterocycles. The van der Waals surface area contributed by atoms with Crippen molar-refractivity contribution in [1.29, 1.82) is 0 Å².